The Bertz CT molecular complexity index is 1400. The summed E-state index contributed by atoms with van der Waals surface area (Å²) in [6.45, 7) is 9.50. The van der Waals surface area contributed by atoms with Crippen LogP contribution in [0.15, 0.2) is 82.0 Å². The van der Waals surface area contributed by atoms with Crippen molar-refractivity contribution in [3.63, 3.8) is 0 Å². The van der Waals surface area contributed by atoms with E-state index in [9.17, 15) is 9.59 Å². The average molecular weight is 486 g/mol. The highest BCUT2D eigenvalue weighted by Crippen LogP contribution is 2.29. The summed E-state index contributed by atoms with van der Waals surface area (Å²) in [6.07, 6.45) is 0. The molecule has 6 nitrogen and oxygen atoms in total. The van der Waals surface area contributed by atoms with Gasteiger partial charge in [-0.3, -0.25) is 9.59 Å². The summed E-state index contributed by atoms with van der Waals surface area (Å²) >= 11 is 0. The molecule has 186 valence electrons. The molecule has 0 fully saturated rings. The molecule has 1 amide bonds. The molecule has 0 bridgehead atoms. The molecule has 1 heterocycles. The number of nitrogens with zero attached hydrogens (tertiary/aromatic N) is 1. The Kier molecular flexibility index (Phi) is 7.44. The highest BCUT2D eigenvalue weighted by Gasteiger charge is 2.21. The quantitative estimate of drug-likeness (QED) is 0.282. The van der Waals surface area contributed by atoms with Crippen LogP contribution in [0.4, 0.5) is 0 Å². The van der Waals surface area contributed by atoms with Crippen molar-refractivity contribution in [2.45, 2.75) is 46.7 Å². The van der Waals surface area contributed by atoms with E-state index in [-0.39, 0.29) is 35.8 Å². The molecule has 4 aromatic rings. The molecule has 0 radical (unpaired) electrons. The Morgan fingerprint density at radius 2 is 1.47 bits per heavy atom. The molecule has 0 spiro atoms. The van der Waals surface area contributed by atoms with Gasteiger partial charge in [-0.05, 0) is 70.0 Å². The first-order valence-corrected chi connectivity index (χ1v) is 12.1. The van der Waals surface area contributed by atoms with Crippen molar-refractivity contribution < 1.29 is 18.7 Å². The lowest BCUT2D eigenvalue weighted by molar-refractivity contribution is -0.136. The second-order valence-electron chi connectivity index (χ2n) is 9.24. The van der Waals surface area contributed by atoms with Crippen molar-refractivity contribution in [1.29, 1.82) is 0 Å². The average Bonchev–Trinajstić information content (AvgIpc) is 2.85. The molecule has 0 N–H and O–H groups in total. The van der Waals surface area contributed by atoms with Crippen molar-refractivity contribution in [3.05, 3.63) is 88.8 Å². The molecule has 0 aliphatic heterocycles. The van der Waals surface area contributed by atoms with E-state index < -0.39 is 0 Å². The van der Waals surface area contributed by atoms with Crippen LogP contribution in [0.2, 0.25) is 0 Å². The largest absolute Gasteiger partial charge is 0.484 e. The third-order valence-corrected chi connectivity index (χ3v) is 5.93. The van der Waals surface area contributed by atoms with Crippen LogP contribution in [0.25, 0.3) is 22.1 Å². The molecule has 0 aliphatic carbocycles. The highest BCUT2D eigenvalue weighted by molar-refractivity contribution is 5.81. The zero-order chi connectivity index (χ0) is 25.8. The smallest absolute Gasteiger partial charge is 0.260 e. The van der Waals surface area contributed by atoms with Crippen molar-refractivity contribution in [2.75, 3.05) is 6.61 Å². The molecule has 1 aromatic heterocycles. The van der Waals surface area contributed by atoms with E-state index >= 15 is 0 Å². The van der Waals surface area contributed by atoms with Crippen molar-refractivity contribution in [1.82, 2.24) is 4.90 Å². The SMILES string of the molecule is Cc1oc2cc(OCC(=O)N(C(C)C)C(C)C)ccc2c(=O)c1Oc1ccc(-c2ccccc2)cc1. The molecular weight excluding hydrogens is 454 g/mol. The maximum atomic E-state index is 13.2. The van der Waals surface area contributed by atoms with Crippen LogP contribution in [0.1, 0.15) is 33.5 Å². The molecule has 0 saturated carbocycles. The van der Waals surface area contributed by atoms with Gasteiger partial charge in [0.05, 0.1) is 5.39 Å². The maximum absolute atomic E-state index is 13.2. The summed E-state index contributed by atoms with van der Waals surface area (Å²) in [5.41, 5.74) is 2.26. The minimum Gasteiger partial charge on any atom is -0.484 e. The molecule has 0 saturated heterocycles. The summed E-state index contributed by atoms with van der Waals surface area (Å²) in [5.74, 6) is 1.40. The van der Waals surface area contributed by atoms with E-state index in [2.05, 4.69) is 0 Å². The number of ether oxygens (including phenoxy) is 2. The molecule has 0 unspecified atom stereocenters. The van der Waals surface area contributed by atoms with Gasteiger partial charge >= 0.3 is 0 Å². The molecule has 0 atom stereocenters. The summed E-state index contributed by atoms with van der Waals surface area (Å²) in [5, 5.41) is 0.376. The van der Waals surface area contributed by atoms with Crippen molar-refractivity contribution in [2.24, 2.45) is 0 Å². The second-order valence-corrected chi connectivity index (χ2v) is 9.24. The zero-order valence-electron chi connectivity index (χ0n) is 21.3. The maximum Gasteiger partial charge on any atom is 0.260 e. The Morgan fingerprint density at radius 1 is 0.861 bits per heavy atom. The Hall–Kier alpha value is -4.06. The monoisotopic (exact) mass is 485 g/mol. The van der Waals surface area contributed by atoms with Gasteiger partial charge in [-0.1, -0.05) is 42.5 Å². The Balaban J connectivity index is 1.52. The van der Waals surface area contributed by atoms with Gasteiger partial charge in [0, 0.05) is 18.2 Å². The number of aryl methyl sites for hydroxylation is 1. The van der Waals surface area contributed by atoms with E-state index in [1.807, 2.05) is 82.3 Å². The fourth-order valence-electron chi connectivity index (χ4n) is 4.33. The van der Waals surface area contributed by atoms with Gasteiger partial charge in [-0.2, -0.15) is 0 Å². The van der Waals surface area contributed by atoms with Gasteiger partial charge < -0.3 is 18.8 Å². The summed E-state index contributed by atoms with van der Waals surface area (Å²) in [7, 11) is 0. The summed E-state index contributed by atoms with van der Waals surface area (Å²) < 4.78 is 17.6. The normalized spacial score (nSPS) is 11.2. The van der Waals surface area contributed by atoms with Crippen LogP contribution in [0.3, 0.4) is 0 Å². The third-order valence-electron chi connectivity index (χ3n) is 5.93. The molecule has 6 heteroatoms. The number of carbonyl (C=O) groups is 1. The van der Waals surface area contributed by atoms with Gasteiger partial charge in [0.25, 0.3) is 5.91 Å². The third kappa shape index (κ3) is 5.43. The van der Waals surface area contributed by atoms with Gasteiger partial charge in [-0.15, -0.1) is 0 Å². The number of carbonyl (C=O) groups excluding carboxylic acids is 1. The lowest BCUT2D eigenvalue weighted by atomic mass is 10.1. The second kappa shape index (κ2) is 10.7. The van der Waals surface area contributed by atoms with Crippen LogP contribution < -0.4 is 14.9 Å². The van der Waals surface area contributed by atoms with Crippen molar-refractivity contribution >= 4 is 16.9 Å². The highest BCUT2D eigenvalue weighted by atomic mass is 16.5. The fourth-order valence-corrected chi connectivity index (χ4v) is 4.33. The minimum absolute atomic E-state index is 0.0753. The predicted octanol–water partition coefficient (Wildman–Crippen LogP) is 6.58. The summed E-state index contributed by atoms with van der Waals surface area (Å²) in [6, 6.07) is 22.7. The van der Waals surface area contributed by atoms with Crippen LogP contribution in [-0.4, -0.2) is 29.5 Å². The van der Waals surface area contributed by atoms with Crippen LogP contribution in [0, 0.1) is 6.92 Å². The number of fused-ring (bicyclic) bond motifs is 1. The number of amides is 1. The van der Waals surface area contributed by atoms with Crippen LogP contribution in [-0.2, 0) is 4.79 Å². The number of benzene rings is 3. The standard InChI is InChI=1S/C30H31NO5/c1-19(2)31(20(3)4)28(32)18-34-25-15-16-26-27(17-25)35-21(5)30(29(26)33)36-24-13-11-23(12-14-24)22-9-7-6-8-10-22/h6-17,19-20H,18H2,1-5H3. The van der Waals surface area contributed by atoms with Gasteiger partial charge in [0.15, 0.2) is 6.61 Å². The number of hydrogen-bond acceptors (Lipinski definition) is 5. The molecule has 0 aliphatic rings. The van der Waals surface area contributed by atoms with Crippen LogP contribution in [0.5, 0.6) is 17.2 Å². The predicted molar refractivity (Wildman–Crippen MR) is 142 cm³/mol. The van der Waals surface area contributed by atoms with E-state index in [4.69, 9.17) is 13.9 Å². The molecule has 3 aromatic carbocycles. The van der Waals surface area contributed by atoms with E-state index in [0.29, 0.717) is 28.2 Å². The topological polar surface area (TPSA) is 69.0 Å². The first kappa shape index (κ1) is 25.0. The molecule has 36 heavy (non-hydrogen) atoms. The lowest BCUT2D eigenvalue weighted by Crippen LogP contribution is -2.44. The van der Waals surface area contributed by atoms with Gasteiger partial charge in [0.1, 0.15) is 22.8 Å². The van der Waals surface area contributed by atoms with Crippen LogP contribution >= 0.6 is 0 Å². The van der Waals surface area contributed by atoms with E-state index in [1.54, 1.807) is 30.0 Å². The van der Waals surface area contributed by atoms with E-state index in [0.717, 1.165) is 11.1 Å². The minimum atomic E-state index is -0.269. The van der Waals surface area contributed by atoms with Gasteiger partial charge in [0.2, 0.25) is 11.2 Å². The fraction of sp³-hybridized carbons (Fsp3) is 0.267. The zero-order valence-corrected chi connectivity index (χ0v) is 21.3. The Morgan fingerprint density at radius 3 is 2.11 bits per heavy atom. The first-order valence-electron chi connectivity index (χ1n) is 12.1. The Labute approximate surface area is 211 Å². The first-order chi connectivity index (χ1) is 17.2. The molecule has 4 rings (SSSR count). The molecular formula is C30H31NO5. The van der Waals surface area contributed by atoms with E-state index in [1.165, 1.54) is 0 Å². The number of rotatable bonds is 8. The summed E-state index contributed by atoms with van der Waals surface area (Å²) in [4.78, 5) is 27.6. The lowest BCUT2D eigenvalue weighted by Gasteiger charge is -2.30. The number of hydrogen-bond donors (Lipinski definition) is 0. The van der Waals surface area contributed by atoms with Crippen molar-refractivity contribution in [3.8, 4) is 28.4 Å². The van der Waals surface area contributed by atoms with Gasteiger partial charge in [-0.25, -0.2) is 0 Å².